The van der Waals surface area contributed by atoms with Gasteiger partial charge in [0.05, 0.1) is 6.42 Å². The van der Waals surface area contributed by atoms with E-state index in [1.807, 2.05) is 0 Å². The molecule has 1 heterocycles. The van der Waals surface area contributed by atoms with Crippen molar-refractivity contribution in [3.05, 3.63) is 0 Å². The maximum atomic E-state index is 10.6. The van der Waals surface area contributed by atoms with E-state index < -0.39 is 24.1 Å². The number of nitrogens with two attached hydrogens (primary N) is 1. The maximum Gasteiger partial charge on any atom is 0.309 e. The number of carbonyl (C=O) groups excluding carboxylic acids is 2. The van der Waals surface area contributed by atoms with Crippen LogP contribution in [-0.2, 0) is 19.1 Å². The summed E-state index contributed by atoms with van der Waals surface area (Å²) in [5, 5.41) is 0. The molecule has 1 rings (SSSR count). The smallest absolute Gasteiger partial charge is 0.309 e. The second-order valence-corrected chi connectivity index (χ2v) is 2.29. The zero-order valence-electron chi connectivity index (χ0n) is 6.07. The van der Waals surface area contributed by atoms with Gasteiger partial charge in [-0.05, 0) is 0 Å². The first-order valence-electron chi connectivity index (χ1n) is 3.16. The molecule has 5 nitrogen and oxygen atoms in total. The van der Waals surface area contributed by atoms with Gasteiger partial charge in [0, 0.05) is 7.11 Å². The van der Waals surface area contributed by atoms with Crippen molar-refractivity contribution in [2.45, 2.75) is 18.6 Å². The lowest BCUT2D eigenvalue weighted by Gasteiger charge is -2.11. The molecule has 0 radical (unpaired) electrons. The van der Waals surface area contributed by atoms with Gasteiger partial charge in [-0.15, -0.1) is 0 Å². The highest BCUT2D eigenvalue weighted by Gasteiger charge is 2.38. The molecule has 2 N–H and O–H groups in total. The quantitative estimate of drug-likeness (QED) is 0.513. The molecule has 5 heteroatoms. The lowest BCUT2D eigenvalue weighted by atomic mass is 10.2. The van der Waals surface area contributed by atoms with Gasteiger partial charge < -0.3 is 15.2 Å². The molecule has 2 atom stereocenters. The molecular weight excluding hydrogens is 150 g/mol. The van der Waals surface area contributed by atoms with Crippen molar-refractivity contribution in [1.29, 1.82) is 0 Å². The fourth-order valence-electron chi connectivity index (χ4n) is 0.985. The van der Waals surface area contributed by atoms with Crippen LogP contribution in [-0.4, -0.2) is 31.2 Å². The molecule has 0 spiro atoms. The zero-order valence-corrected chi connectivity index (χ0v) is 6.07. The van der Waals surface area contributed by atoms with Crippen molar-refractivity contribution < 1.29 is 19.1 Å². The van der Waals surface area contributed by atoms with Crippen molar-refractivity contribution in [3.8, 4) is 0 Å². The second kappa shape index (κ2) is 2.87. The van der Waals surface area contributed by atoms with E-state index in [4.69, 9.17) is 10.5 Å². The molecule has 1 aliphatic rings. The van der Waals surface area contributed by atoms with Crippen LogP contribution in [0.5, 0.6) is 0 Å². The van der Waals surface area contributed by atoms with E-state index in [2.05, 4.69) is 4.74 Å². The van der Waals surface area contributed by atoms with Crippen LogP contribution in [0.4, 0.5) is 0 Å². The summed E-state index contributed by atoms with van der Waals surface area (Å²) in [6, 6.07) is 0. The van der Waals surface area contributed by atoms with Gasteiger partial charge >= 0.3 is 5.97 Å². The molecule has 0 aromatic heterocycles. The Morgan fingerprint density at radius 3 is 2.82 bits per heavy atom. The van der Waals surface area contributed by atoms with Crippen LogP contribution < -0.4 is 5.73 Å². The van der Waals surface area contributed by atoms with E-state index in [0.717, 1.165) is 0 Å². The fraction of sp³-hybridized carbons (Fsp3) is 0.667. The van der Waals surface area contributed by atoms with E-state index in [0.29, 0.717) is 0 Å². The highest BCUT2D eigenvalue weighted by Crippen LogP contribution is 2.16. The van der Waals surface area contributed by atoms with Gasteiger partial charge in [-0.3, -0.25) is 9.59 Å². The second-order valence-electron chi connectivity index (χ2n) is 2.29. The number of methoxy groups -OCH3 is 1. The van der Waals surface area contributed by atoms with Crippen molar-refractivity contribution in [2.75, 3.05) is 7.11 Å². The lowest BCUT2D eigenvalue weighted by Crippen LogP contribution is -2.37. The molecule has 1 aliphatic heterocycles. The number of esters is 1. The normalized spacial score (nSPS) is 30.1. The molecule has 1 saturated heterocycles. The number of hydrogen-bond acceptors (Lipinski definition) is 4. The monoisotopic (exact) mass is 159 g/mol. The number of ether oxygens (including phenoxy) is 2. The zero-order chi connectivity index (χ0) is 8.43. The van der Waals surface area contributed by atoms with Crippen LogP contribution in [0.3, 0.4) is 0 Å². The Balaban J connectivity index is 2.64. The number of carbonyl (C=O) groups is 2. The molecule has 0 saturated carbocycles. The van der Waals surface area contributed by atoms with Crippen molar-refractivity contribution in [1.82, 2.24) is 0 Å². The lowest BCUT2D eigenvalue weighted by molar-refractivity contribution is -0.148. The standard InChI is InChI=1S/C6H9NO4/c1-10-3-2-4(8)11-5(3)6(7)9/h3,5H,2H2,1H3,(H2,7,9)/t3-,5+/m0/s1. The minimum absolute atomic E-state index is 0.101. The summed E-state index contributed by atoms with van der Waals surface area (Å²) in [7, 11) is 1.41. The summed E-state index contributed by atoms with van der Waals surface area (Å²) in [4.78, 5) is 21.2. The van der Waals surface area contributed by atoms with Gasteiger partial charge in [0.1, 0.15) is 6.10 Å². The largest absolute Gasteiger partial charge is 0.449 e. The summed E-state index contributed by atoms with van der Waals surface area (Å²) in [6.07, 6.45) is -1.32. The molecule has 0 aromatic carbocycles. The third-order valence-corrected chi connectivity index (χ3v) is 1.55. The topological polar surface area (TPSA) is 78.6 Å². The minimum atomic E-state index is -0.910. The van der Waals surface area contributed by atoms with Gasteiger partial charge in [-0.2, -0.15) is 0 Å². The van der Waals surface area contributed by atoms with Crippen molar-refractivity contribution in [2.24, 2.45) is 5.73 Å². The molecular formula is C6H9NO4. The average molecular weight is 159 g/mol. The van der Waals surface area contributed by atoms with Crippen LogP contribution in [0.1, 0.15) is 6.42 Å². The molecule has 1 fully saturated rings. The molecule has 0 aromatic rings. The molecule has 0 bridgehead atoms. The van der Waals surface area contributed by atoms with Crippen LogP contribution >= 0.6 is 0 Å². The Morgan fingerprint density at radius 2 is 2.45 bits per heavy atom. The molecule has 11 heavy (non-hydrogen) atoms. The minimum Gasteiger partial charge on any atom is -0.449 e. The molecule has 0 aliphatic carbocycles. The SMILES string of the molecule is CO[C@H]1CC(=O)O[C@H]1C(N)=O. The number of amides is 1. The van der Waals surface area contributed by atoms with Gasteiger partial charge in [0.25, 0.3) is 5.91 Å². The molecule has 0 unspecified atom stereocenters. The first kappa shape index (κ1) is 8.00. The van der Waals surface area contributed by atoms with Crippen LogP contribution in [0.15, 0.2) is 0 Å². The number of primary amides is 1. The van der Waals surface area contributed by atoms with E-state index in [1.165, 1.54) is 7.11 Å². The first-order chi connectivity index (χ1) is 5.15. The molecule has 62 valence electrons. The Kier molecular flexibility index (Phi) is 2.09. The highest BCUT2D eigenvalue weighted by molar-refractivity contribution is 5.86. The summed E-state index contributed by atoms with van der Waals surface area (Å²) in [5.74, 6) is -1.11. The summed E-state index contributed by atoms with van der Waals surface area (Å²) < 4.78 is 9.40. The predicted octanol–water partition coefficient (Wildman–Crippen LogP) is -1.20. The van der Waals surface area contributed by atoms with Gasteiger partial charge in [0.2, 0.25) is 6.10 Å². The summed E-state index contributed by atoms with van der Waals surface area (Å²) in [6.45, 7) is 0. The average Bonchev–Trinajstić information content (AvgIpc) is 2.30. The summed E-state index contributed by atoms with van der Waals surface area (Å²) >= 11 is 0. The highest BCUT2D eigenvalue weighted by atomic mass is 16.6. The van der Waals surface area contributed by atoms with E-state index in [9.17, 15) is 9.59 Å². The third kappa shape index (κ3) is 1.48. The van der Waals surface area contributed by atoms with Crippen LogP contribution in [0.25, 0.3) is 0 Å². The van der Waals surface area contributed by atoms with Crippen molar-refractivity contribution in [3.63, 3.8) is 0 Å². The number of rotatable bonds is 2. The van der Waals surface area contributed by atoms with Gasteiger partial charge in [-0.25, -0.2) is 0 Å². The maximum absolute atomic E-state index is 10.6. The summed E-state index contributed by atoms with van der Waals surface area (Å²) in [5.41, 5.74) is 4.93. The molecule has 1 amide bonds. The van der Waals surface area contributed by atoms with Gasteiger partial charge in [0.15, 0.2) is 0 Å². The Hall–Kier alpha value is -1.10. The number of cyclic esters (lactones) is 1. The Bertz CT molecular complexity index is 191. The Morgan fingerprint density at radius 1 is 1.82 bits per heavy atom. The van der Waals surface area contributed by atoms with E-state index >= 15 is 0 Å². The fourth-order valence-corrected chi connectivity index (χ4v) is 0.985. The van der Waals surface area contributed by atoms with E-state index in [1.54, 1.807) is 0 Å². The van der Waals surface area contributed by atoms with E-state index in [-0.39, 0.29) is 6.42 Å². The van der Waals surface area contributed by atoms with Crippen LogP contribution in [0, 0.1) is 0 Å². The number of hydrogen-bond donors (Lipinski definition) is 1. The van der Waals surface area contributed by atoms with Gasteiger partial charge in [-0.1, -0.05) is 0 Å². The first-order valence-corrected chi connectivity index (χ1v) is 3.16. The predicted molar refractivity (Wildman–Crippen MR) is 34.5 cm³/mol. The van der Waals surface area contributed by atoms with Crippen molar-refractivity contribution >= 4 is 11.9 Å². The third-order valence-electron chi connectivity index (χ3n) is 1.55. The van der Waals surface area contributed by atoms with Crippen LogP contribution in [0.2, 0.25) is 0 Å². The Labute approximate surface area is 63.4 Å².